The summed E-state index contributed by atoms with van der Waals surface area (Å²) in [7, 11) is 0. The summed E-state index contributed by atoms with van der Waals surface area (Å²) in [5.74, 6) is 0. The number of rotatable bonds is 0. The molecule has 0 bridgehead atoms. The van der Waals surface area contributed by atoms with Gasteiger partial charge in [-0.1, -0.05) is 0 Å². The smallest absolute Gasteiger partial charge is 0.0247 e. The molecule has 2 saturated heterocycles. The summed E-state index contributed by atoms with van der Waals surface area (Å²) in [6.07, 6.45) is 5.29. The topological polar surface area (TPSA) is 29.3 Å². The van der Waals surface area contributed by atoms with Crippen LogP contribution in [0.2, 0.25) is 0 Å². The van der Waals surface area contributed by atoms with E-state index in [1.165, 1.54) is 38.8 Å². The van der Waals surface area contributed by atoms with Crippen molar-refractivity contribution in [3.63, 3.8) is 0 Å². The van der Waals surface area contributed by atoms with Crippen molar-refractivity contribution < 1.29 is 0 Å². The molecule has 0 aliphatic carbocycles. The lowest BCUT2D eigenvalue weighted by molar-refractivity contribution is 0.174. The fraction of sp³-hybridized carbons (Fsp3) is 1.00. The maximum atomic E-state index is 5.98. The Morgan fingerprint density at radius 3 is 2.50 bits per heavy atom. The summed E-state index contributed by atoms with van der Waals surface area (Å²) >= 11 is 0. The van der Waals surface area contributed by atoms with E-state index >= 15 is 0 Å². The summed E-state index contributed by atoms with van der Waals surface area (Å²) in [4.78, 5) is 2.56. The first-order valence-electron chi connectivity index (χ1n) is 4.37. The third-order valence-electron chi connectivity index (χ3n) is 2.89. The second-order valence-electron chi connectivity index (χ2n) is 3.55. The molecule has 0 aromatic rings. The minimum absolute atomic E-state index is 0.483. The average Bonchev–Trinajstić information content (AvgIpc) is 2.36. The van der Waals surface area contributed by atoms with Crippen LogP contribution in [0, 0.1) is 0 Å². The molecule has 58 valence electrons. The Bertz CT molecular complexity index is 124. The molecule has 2 heteroatoms. The van der Waals surface area contributed by atoms with Gasteiger partial charge in [0.15, 0.2) is 0 Å². The van der Waals surface area contributed by atoms with Gasteiger partial charge in [-0.2, -0.15) is 0 Å². The van der Waals surface area contributed by atoms with Crippen molar-refractivity contribution in [2.75, 3.05) is 13.1 Å². The number of hydrogen-bond acceptors (Lipinski definition) is 2. The Kier molecular flexibility index (Phi) is 1.66. The van der Waals surface area contributed by atoms with Crippen molar-refractivity contribution in [1.29, 1.82) is 0 Å². The van der Waals surface area contributed by atoms with E-state index in [0.29, 0.717) is 6.04 Å². The number of nitrogens with two attached hydrogens (primary N) is 1. The van der Waals surface area contributed by atoms with E-state index in [0.717, 1.165) is 6.04 Å². The third kappa shape index (κ3) is 0.956. The van der Waals surface area contributed by atoms with Crippen LogP contribution in [0.4, 0.5) is 0 Å². The first-order chi connectivity index (χ1) is 4.88. The zero-order valence-electron chi connectivity index (χ0n) is 6.42. The number of nitrogens with zero attached hydrogens (tertiary/aromatic N) is 1. The van der Waals surface area contributed by atoms with Gasteiger partial charge >= 0.3 is 0 Å². The highest BCUT2D eigenvalue weighted by Crippen LogP contribution is 2.25. The monoisotopic (exact) mass is 140 g/mol. The zero-order valence-corrected chi connectivity index (χ0v) is 6.42. The molecule has 2 atom stereocenters. The van der Waals surface area contributed by atoms with E-state index < -0.39 is 0 Å². The summed E-state index contributed by atoms with van der Waals surface area (Å²) in [5, 5.41) is 0. The summed E-state index contributed by atoms with van der Waals surface area (Å²) < 4.78 is 0. The van der Waals surface area contributed by atoms with Gasteiger partial charge in [0.25, 0.3) is 0 Å². The van der Waals surface area contributed by atoms with Crippen molar-refractivity contribution in [2.24, 2.45) is 5.73 Å². The van der Waals surface area contributed by atoms with Gasteiger partial charge in [-0.3, -0.25) is 4.90 Å². The summed E-state index contributed by atoms with van der Waals surface area (Å²) in [6, 6.07) is 1.23. The van der Waals surface area contributed by atoms with Crippen LogP contribution in [0.25, 0.3) is 0 Å². The molecule has 2 nitrogen and oxygen atoms in total. The van der Waals surface area contributed by atoms with E-state index in [1.54, 1.807) is 0 Å². The Labute approximate surface area is 62.4 Å². The standard InChI is InChI=1S/C8H16N2/c9-7-3-1-5-10-6-2-4-8(7)10/h7-8H,1-6,9H2/t7-,8+/m0/s1. The van der Waals surface area contributed by atoms with Crippen LogP contribution in [-0.2, 0) is 0 Å². The molecule has 2 fully saturated rings. The molecule has 2 aliphatic rings. The molecule has 2 aliphatic heterocycles. The van der Waals surface area contributed by atoms with Crippen molar-refractivity contribution >= 4 is 0 Å². The fourth-order valence-electron chi connectivity index (χ4n) is 2.34. The third-order valence-corrected chi connectivity index (χ3v) is 2.89. The van der Waals surface area contributed by atoms with Gasteiger partial charge in [0.2, 0.25) is 0 Å². The molecule has 0 aromatic carbocycles. The fourth-order valence-corrected chi connectivity index (χ4v) is 2.34. The largest absolute Gasteiger partial charge is 0.326 e. The van der Waals surface area contributed by atoms with Gasteiger partial charge < -0.3 is 5.73 Å². The van der Waals surface area contributed by atoms with Crippen LogP contribution in [0.3, 0.4) is 0 Å². The Morgan fingerprint density at radius 2 is 1.80 bits per heavy atom. The van der Waals surface area contributed by atoms with E-state index in [1.807, 2.05) is 0 Å². The number of fused-ring (bicyclic) bond motifs is 1. The minimum atomic E-state index is 0.483. The Hall–Kier alpha value is -0.0800. The SMILES string of the molecule is N[C@H]1CCCN2CCC[C@H]12. The van der Waals surface area contributed by atoms with Crippen molar-refractivity contribution in [3.05, 3.63) is 0 Å². The highest BCUT2D eigenvalue weighted by atomic mass is 15.2. The van der Waals surface area contributed by atoms with Crippen LogP contribution in [0.15, 0.2) is 0 Å². The van der Waals surface area contributed by atoms with Crippen LogP contribution >= 0.6 is 0 Å². The maximum absolute atomic E-state index is 5.98. The quantitative estimate of drug-likeness (QED) is 0.533. The van der Waals surface area contributed by atoms with Gasteiger partial charge in [0.05, 0.1) is 0 Å². The molecule has 0 spiro atoms. The van der Waals surface area contributed by atoms with Crippen LogP contribution in [0.1, 0.15) is 25.7 Å². The molecule has 2 rings (SSSR count). The molecule has 0 aromatic heterocycles. The van der Waals surface area contributed by atoms with E-state index in [9.17, 15) is 0 Å². The van der Waals surface area contributed by atoms with Crippen LogP contribution in [-0.4, -0.2) is 30.1 Å². The zero-order chi connectivity index (χ0) is 6.97. The molecule has 10 heavy (non-hydrogen) atoms. The molecule has 0 saturated carbocycles. The summed E-state index contributed by atoms with van der Waals surface area (Å²) in [5.41, 5.74) is 5.98. The molecular formula is C8H16N2. The number of piperidine rings is 1. The average molecular weight is 140 g/mol. The van der Waals surface area contributed by atoms with E-state index in [-0.39, 0.29) is 0 Å². The van der Waals surface area contributed by atoms with Gasteiger partial charge in [-0.05, 0) is 38.8 Å². The van der Waals surface area contributed by atoms with Crippen LogP contribution in [0.5, 0.6) is 0 Å². The minimum Gasteiger partial charge on any atom is -0.326 e. The van der Waals surface area contributed by atoms with Crippen molar-refractivity contribution in [3.8, 4) is 0 Å². The van der Waals surface area contributed by atoms with Gasteiger partial charge in [0, 0.05) is 12.1 Å². The predicted octanol–water partition coefficient (Wildman–Crippen LogP) is 0.572. The molecule has 2 N–H and O–H groups in total. The van der Waals surface area contributed by atoms with Gasteiger partial charge in [0.1, 0.15) is 0 Å². The van der Waals surface area contributed by atoms with E-state index in [4.69, 9.17) is 5.73 Å². The molecular weight excluding hydrogens is 124 g/mol. The van der Waals surface area contributed by atoms with Gasteiger partial charge in [-0.15, -0.1) is 0 Å². The van der Waals surface area contributed by atoms with Crippen molar-refractivity contribution in [1.82, 2.24) is 4.90 Å². The number of hydrogen-bond donors (Lipinski definition) is 1. The lowest BCUT2D eigenvalue weighted by atomic mass is 9.98. The maximum Gasteiger partial charge on any atom is 0.0247 e. The lowest BCUT2D eigenvalue weighted by Crippen LogP contribution is -2.48. The molecule has 0 unspecified atom stereocenters. The summed E-state index contributed by atoms with van der Waals surface area (Å²) in [6.45, 7) is 2.61. The Morgan fingerprint density at radius 1 is 1.10 bits per heavy atom. The first kappa shape index (κ1) is 6.62. The first-order valence-corrected chi connectivity index (χ1v) is 4.37. The molecule has 0 radical (unpaired) electrons. The van der Waals surface area contributed by atoms with Gasteiger partial charge in [-0.25, -0.2) is 0 Å². The lowest BCUT2D eigenvalue weighted by Gasteiger charge is -2.34. The second kappa shape index (κ2) is 2.51. The molecule has 0 amide bonds. The Balaban J connectivity index is 2.03. The predicted molar refractivity (Wildman–Crippen MR) is 41.8 cm³/mol. The normalized spacial score (nSPS) is 41.7. The van der Waals surface area contributed by atoms with E-state index in [2.05, 4.69) is 4.90 Å². The second-order valence-corrected chi connectivity index (χ2v) is 3.55. The van der Waals surface area contributed by atoms with Crippen molar-refractivity contribution in [2.45, 2.75) is 37.8 Å². The highest BCUT2D eigenvalue weighted by Gasteiger charge is 2.31. The van der Waals surface area contributed by atoms with Crippen LogP contribution < -0.4 is 5.73 Å². The molecule has 2 heterocycles. The highest BCUT2D eigenvalue weighted by molar-refractivity contribution is 4.90.